The molecule has 4 aromatic rings. The number of aryl methyl sites for hydroxylation is 1. The van der Waals surface area contributed by atoms with Gasteiger partial charge >= 0.3 is 0 Å². The highest BCUT2D eigenvalue weighted by Crippen LogP contribution is 2.37. The van der Waals surface area contributed by atoms with Gasteiger partial charge in [-0.2, -0.15) is 0 Å². The van der Waals surface area contributed by atoms with Crippen LogP contribution < -0.4 is 4.90 Å². The molecule has 2 aromatic carbocycles. The standard InChI is InChI=1S/C27H22F3N5O/c1-15-5-6-17(19-4-2-3-10-31-19)23(24(15)29)27(36)34-11-9-16-13-35(21(16)14-34)22-12-32-26-20(33-22)8-7-18(28)25(26)30/h2-8,10,12,16,21H,9,11,13-14H2,1H3. The second-order valence-corrected chi connectivity index (χ2v) is 9.31. The zero-order chi connectivity index (χ0) is 25.0. The molecule has 0 aliphatic carbocycles. The minimum absolute atomic E-state index is 0.0223. The van der Waals surface area contributed by atoms with E-state index in [2.05, 4.69) is 15.0 Å². The van der Waals surface area contributed by atoms with Gasteiger partial charge in [0.15, 0.2) is 11.6 Å². The molecular formula is C27H22F3N5O. The first-order valence-corrected chi connectivity index (χ1v) is 11.8. The minimum Gasteiger partial charge on any atom is -0.350 e. The van der Waals surface area contributed by atoms with Crippen LogP contribution in [0.5, 0.6) is 0 Å². The molecule has 2 fully saturated rings. The summed E-state index contributed by atoms with van der Waals surface area (Å²) >= 11 is 0. The van der Waals surface area contributed by atoms with E-state index in [9.17, 15) is 13.6 Å². The van der Waals surface area contributed by atoms with E-state index in [0.717, 1.165) is 19.0 Å². The van der Waals surface area contributed by atoms with Crippen LogP contribution in [0.4, 0.5) is 19.0 Å². The fourth-order valence-electron chi connectivity index (χ4n) is 5.18. The fourth-order valence-corrected chi connectivity index (χ4v) is 5.18. The van der Waals surface area contributed by atoms with Gasteiger partial charge in [0, 0.05) is 37.3 Å². The first-order valence-electron chi connectivity index (χ1n) is 11.8. The number of fused-ring (bicyclic) bond motifs is 2. The highest BCUT2D eigenvalue weighted by Gasteiger charge is 2.45. The number of likely N-dealkylation sites (tertiary alicyclic amines) is 1. The van der Waals surface area contributed by atoms with Crippen LogP contribution in [-0.2, 0) is 0 Å². The Morgan fingerprint density at radius 2 is 1.86 bits per heavy atom. The SMILES string of the molecule is Cc1ccc(-c2ccccn2)c(C(=O)N2CCC3CN(c4cnc5c(F)c(F)ccc5n4)C3C2)c1F. The molecule has 6 nitrogen and oxygen atoms in total. The number of carbonyl (C=O) groups is 1. The first kappa shape index (κ1) is 22.5. The van der Waals surface area contributed by atoms with Crippen LogP contribution in [0.25, 0.3) is 22.3 Å². The zero-order valence-corrected chi connectivity index (χ0v) is 19.5. The number of pyridine rings is 1. The molecule has 2 aromatic heterocycles. The van der Waals surface area contributed by atoms with Crippen molar-refractivity contribution in [2.75, 3.05) is 24.5 Å². The number of anilines is 1. The van der Waals surface area contributed by atoms with Gasteiger partial charge in [-0.1, -0.05) is 18.2 Å². The number of carbonyl (C=O) groups excluding carboxylic acids is 1. The van der Waals surface area contributed by atoms with E-state index in [1.54, 1.807) is 48.4 Å². The lowest BCUT2D eigenvalue weighted by atomic mass is 9.82. The van der Waals surface area contributed by atoms with Crippen molar-refractivity contribution in [3.8, 4) is 11.3 Å². The van der Waals surface area contributed by atoms with E-state index >= 15 is 4.39 Å². The van der Waals surface area contributed by atoms with Crippen LogP contribution in [0.2, 0.25) is 0 Å². The highest BCUT2D eigenvalue weighted by molar-refractivity contribution is 6.01. The van der Waals surface area contributed by atoms with Crippen LogP contribution in [0.1, 0.15) is 22.3 Å². The van der Waals surface area contributed by atoms with Gasteiger partial charge < -0.3 is 9.80 Å². The summed E-state index contributed by atoms with van der Waals surface area (Å²) in [6, 6.07) is 11.1. The Labute approximate surface area is 205 Å². The van der Waals surface area contributed by atoms with Gasteiger partial charge in [-0.15, -0.1) is 0 Å². The number of hydrogen-bond donors (Lipinski definition) is 0. The van der Waals surface area contributed by atoms with Crippen LogP contribution >= 0.6 is 0 Å². The van der Waals surface area contributed by atoms with E-state index in [0.29, 0.717) is 41.6 Å². The Bertz CT molecular complexity index is 1500. The van der Waals surface area contributed by atoms with Crippen molar-refractivity contribution >= 4 is 22.8 Å². The van der Waals surface area contributed by atoms with Gasteiger partial charge in [0.25, 0.3) is 5.91 Å². The molecule has 2 saturated heterocycles. The summed E-state index contributed by atoms with van der Waals surface area (Å²) < 4.78 is 42.9. The average Bonchev–Trinajstić information content (AvgIpc) is 2.88. The summed E-state index contributed by atoms with van der Waals surface area (Å²) in [5, 5.41) is 0. The van der Waals surface area contributed by atoms with Crippen molar-refractivity contribution in [1.29, 1.82) is 0 Å². The van der Waals surface area contributed by atoms with Crippen LogP contribution in [0.3, 0.4) is 0 Å². The molecule has 36 heavy (non-hydrogen) atoms. The van der Waals surface area contributed by atoms with E-state index in [4.69, 9.17) is 0 Å². The molecule has 182 valence electrons. The predicted octanol–water partition coefficient (Wildman–Crippen LogP) is 4.77. The first-order chi connectivity index (χ1) is 17.4. The molecule has 2 unspecified atom stereocenters. The number of piperidine rings is 1. The van der Waals surface area contributed by atoms with Gasteiger partial charge in [-0.05, 0) is 43.2 Å². The summed E-state index contributed by atoms with van der Waals surface area (Å²) in [6.07, 6.45) is 3.82. The molecule has 0 bridgehead atoms. The summed E-state index contributed by atoms with van der Waals surface area (Å²) in [5.41, 5.74) is 1.57. The second-order valence-electron chi connectivity index (χ2n) is 9.31. The number of aromatic nitrogens is 3. The van der Waals surface area contributed by atoms with Crippen LogP contribution in [-0.4, -0.2) is 51.4 Å². The maximum atomic E-state index is 15.3. The maximum Gasteiger partial charge on any atom is 0.257 e. The Balaban J connectivity index is 1.29. The predicted molar refractivity (Wildman–Crippen MR) is 129 cm³/mol. The molecule has 1 amide bonds. The van der Waals surface area contributed by atoms with Gasteiger partial charge in [0.1, 0.15) is 17.2 Å². The third-order valence-electron chi connectivity index (χ3n) is 7.22. The molecular weight excluding hydrogens is 467 g/mol. The van der Waals surface area contributed by atoms with Crippen molar-refractivity contribution in [1.82, 2.24) is 19.9 Å². The van der Waals surface area contributed by atoms with Crippen molar-refractivity contribution in [2.45, 2.75) is 19.4 Å². The summed E-state index contributed by atoms with van der Waals surface area (Å²) in [7, 11) is 0. The number of halogens is 3. The van der Waals surface area contributed by atoms with Gasteiger partial charge in [-0.25, -0.2) is 23.1 Å². The topological polar surface area (TPSA) is 62.2 Å². The average molecular weight is 490 g/mol. The molecule has 4 heterocycles. The van der Waals surface area contributed by atoms with Crippen molar-refractivity contribution in [2.24, 2.45) is 5.92 Å². The highest BCUT2D eigenvalue weighted by atomic mass is 19.2. The Hall–Kier alpha value is -4.01. The normalized spacial score (nSPS) is 19.2. The quantitative estimate of drug-likeness (QED) is 0.415. The third-order valence-corrected chi connectivity index (χ3v) is 7.22. The molecule has 6 rings (SSSR count). The largest absolute Gasteiger partial charge is 0.350 e. The monoisotopic (exact) mass is 489 g/mol. The van der Waals surface area contributed by atoms with Gasteiger partial charge in [0.05, 0.1) is 29.0 Å². The number of benzene rings is 2. The van der Waals surface area contributed by atoms with E-state index < -0.39 is 17.5 Å². The summed E-state index contributed by atoms with van der Waals surface area (Å²) in [5.74, 6) is -2.00. The number of nitrogens with zero attached hydrogens (tertiary/aromatic N) is 5. The van der Waals surface area contributed by atoms with Crippen molar-refractivity contribution in [3.63, 3.8) is 0 Å². The Morgan fingerprint density at radius 1 is 1.00 bits per heavy atom. The smallest absolute Gasteiger partial charge is 0.257 e. The van der Waals surface area contributed by atoms with Crippen molar-refractivity contribution in [3.05, 3.63) is 83.4 Å². The van der Waals surface area contributed by atoms with Crippen LogP contribution in [0, 0.1) is 30.3 Å². The number of hydrogen-bond acceptors (Lipinski definition) is 5. The second kappa shape index (κ2) is 8.58. The molecule has 9 heteroatoms. The summed E-state index contributed by atoms with van der Waals surface area (Å²) in [6.45, 7) is 3.29. The van der Waals surface area contributed by atoms with Crippen LogP contribution in [0.15, 0.2) is 54.9 Å². The molecule has 0 saturated carbocycles. The molecule has 0 spiro atoms. The zero-order valence-electron chi connectivity index (χ0n) is 19.5. The Morgan fingerprint density at radius 3 is 2.67 bits per heavy atom. The number of rotatable bonds is 3. The van der Waals surface area contributed by atoms with E-state index in [-0.39, 0.29) is 28.5 Å². The van der Waals surface area contributed by atoms with E-state index in [1.807, 2.05) is 4.90 Å². The molecule has 2 aliphatic heterocycles. The molecule has 0 radical (unpaired) electrons. The molecule has 2 atom stereocenters. The Kier molecular flexibility index (Phi) is 5.35. The molecule has 2 aliphatic rings. The lowest BCUT2D eigenvalue weighted by Crippen LogP contribution is -2.65. The summed E-state index contributed by atoms with van der Waals surface area (Å²) in [4.78, 5) is 30.3. The maximum absolute atomic E-state index is 15.3. The van der Waals surface area contributed by atoms with Gasteiger partial charge in [-0.3, -0.25) is 9.78 Å². The lowest BCUT2D eigenvalue weighted by Gasteiger charge is -2.54. The minimum atomic E-state index is -1.02. The molecule has 0 N–H and O–H groups in total. The van der Waals surface area contributed by atoms with Crippen molar-refractivity contribution < 1.29 is 18.0 Å². The number of amides is 1. The lowest BCUT2D eigenvalue weighted by molar-refractivity contribution is 0.0587. The third kappa shape index (κ3) is 3.57. The fraction of sp³-hybridized carbons (Fsp3) is 0.259. The van der Waals surface area contributed by atoms with Gasteiger partial charge in [0.2, 0.25) is 0 Å². The van der Waals surface area contributed by atoms with E-state index in [1.165, 1.54) is 12.3 Å².